The number of hydrogen-bond donors (Lipinski definition) is 3. The van der Waals surface area contributed by atoms with Crippen LogP contribution in [0.3, 0.4) is 0 Å². The van der Waals surface area contributed by atoms with Crippen molar-refractivity contribution in [1.82, 2.24) is 20.6 Å². The number of piperidine rings is 2. The van der Waals surface area contributed by atoms with E-state index in [2.05, 4.69) is 14.9 Å². The van der Waals surface area contributed by atoms with Crippen molar-refractivity contribution >= 4 is 22.3 Å². The van der Waals surface area contributed by atoms with Crippen molar-refractivity contribution in [2.24, 2.45) is 11.8 Å². The Kier molecular flexibility index (Phi) is 4.13. The van der Waals surface area contributed by atoms with Crippen molar-refractivity contribution in [2.45, 2.75) is 43.8 Å². The second-order valence-corrected chi connectivity index (χ2v) is 8.30. The molecule has 4 atom stereocenters. The maximum atomic E-state index is 12.8. The molecule has 25 heavy (non-hydrogen) atoms. The van der Waals surface area contributed by atoms with Crippen LogP contribution in [0, 0.1) is 11.8 Å². The third kappa shape index (κ3) is 3.09. The van der Waals surface area contributed by atoms with Gasteiger partial charge in [0.2, 0.25) is 5.91 Å². The highest BCUT2D eigenvalue weighted by Crippen LogP contribution is 2.35. The normalized spacial score (nSPS) is 37.5. The summed E-state index contributed by atoms with van der Waals surface area (Å²) in [5, 5.41) is 7.15. The number of amides is 3. The Balaban J connectivity index is 1.44. The number of rotatable bonds is 4. The number of fused-ring (bicyclic) bond motifs is 4. The van der Waals surface area contributed by atoms with Gasteiger partial charge in [0.1, 0.15) is 6.04 Å². The monoisotopic (exact) mass is 374 g/mol. The van der Waals surface area contributed by atoms with E-state index in [0.29, 0.717) is 29.7 Å². The summed E-state index contributed by atoms with van der Waals surface area (Å²) < 4.78 is 35.0. The van der Waals surface area contributed by atoms with Crippen LogP contribution in [0.2, 0.25) is 0 Å². The molecule has 0 aromatic rings. The number of nitrogens with zero attached hydrogens (tertiary/aromatic N) is 2. The first-order valence-electron chi connectivity index (χ1n) is 8.61. The van der Waals surface area contributed by atoms with Crippen LogP contribution in [0.25, 0.3) is 0 Å². The minimum Gasteiger partial charge on any atom is -0.351 e. The van der Waals surface area contributed by atoms with E-state index < -0.39 is 28.5 Å². The summed E-state index contributed by atoms with van der Waals surface area (Å²) in [7, 11) is -4.77. The summed E-state index contributed by atoms with van der Waals surface area (Å²) in [5.41, 5.74) is 0. The van der Waals surface area contributed by atoms with Gasteiger partial charge in [-0.25, -0.2) is 4.79 Å². The first kappa shape index (κ1) is 17.0. The molecule has 4 rings (SSSR count). The Hall–Kier alpha value is -1.43. The zero-order valence-electron chi connectivity index (χ0n) is 13.6. The Bertz CT molecular complexity index is 669. The summed E-state index contributed by atoms with van der Waals surface area (Å²) in [6, 6.07) is -1.68. The Morgan fingerprint density at radius 3 is 2.52 bits per heavy atom. The van der Waals surface area contributed by atoms with Gasteiger partial charge in [-0.1, -0.05) is 0 Å². The van der Waals surface area contributed by atoms with E-state index in [1.54, 1.807) is 0 Å². The Morgan fingerprint density at radius 1 is 1.20 bits per heavy atom. The van der Waals surface area contributed by atoms with E-state index in [4.69, 9.17) is 4.55 Å². The molecule has 3 heterocycles. The second kappa shape index (κ2) is 6.08. The summed E-state index contributed by atoms with van der Waals surface area (Å²) in [6.45, 7) is 2.01. The van der Waals surface area contributed by atoms with Crippen LogP contribution in [0.15, 0.2) is 0 Å². The molecule has 3 N–H and O–H groups in total. The lowest BCUT2D eigenvalue weighted by Gasteiger charge is -2.35. The highest BCUT2D eigenvalue weighted by molar-refractivity contribution is 7.80. The average Bonchev–Trinajstić information content (AvgIpc) is 2.90. The molecule has 3 unspecified atom stereocenters. The fourth-order valence-corrected chi connectivity index (χ4v) is 5.07. The van der Waals surface area contributed by atoms with Crippen molar-refractivity contribution in [3.63, 3.8) is 0 Å². The van der Waals surface area contributed by atoms with Crippen LogP contribution < -0.4 is 10.6 Å². The van der Waals surface area contributed by atoms with Crippen LogP contribution >= 0.6 is 0 Å². The minimum absolute atomic E-state index is 0.134. The molecule has 4 fully saturated rings. The van der Waals surface area contributed by atoms with Gasteiger partial charge in [0.25, 0.3) is 0 Å². The number of urea groups is 1. The van der Waals surface area contributed by atoms with Gasteiger partial charge in [-0.05, 0) is 50.6 Å². The van der Waals surface area contributed by atoms with E-state index in [-0.39, 0.29) is 18.5 Å². The lowest BCUT2D eigenvalue weighted by Crippen LogP contribution is -2.57. The molecule has 4 bridgehead atoms. The minimum atomic E-state index is -4.77. The third-order valence-electron chi connectivity index (χ3n) is 5.85. The Labute approximate surface area is 145 Å². The van der Waals surface area contributed by atoms with E-state index in [0.717, 1.165) is 25.9 Å². The van der Waals surface area contributed by atoms with Gasteiger partial charge in [-0.2, -0.15) is 13.5 Å². The highest BCUT2D eigenvalue weighted by Gasteiger charge is 2.50. The molecule has 0 aromatic heterocycles. The molecule has 0 spiro atoms. The Morgan fingerprint density at radius 2 is 1.88 bits per heavy atom. The topological polar surface area (TPSA) is 128 Å². The van der Waals surface area contributed by atoms with Gasteiger partial charge < -0.3 is 15.5 Å². The predicted molar refractivity (Wildman–Crippen MR) is 84.4 cm³/mol. The predicted octanol–water partition coefficient (Wildman–Crippen LogP) is -0.896. The zero-order chi connectivity index (χ0) is 17.8. The van der Waals surface area contributed by atoms with Gasteiger partial charge in [-0.15, -0.1) is 4.28 Å². The zero-order valence-corrected chi connectivity index (χ0v) is 14.4. The summed E-state index contributed by atoms with van der Waals surface area (Å²) in [4.78, 5) is 26.5. The number of nitrogens with one attached hydrogen (secondary N) is 2. The van der Waals surface area contributed by atoms with Crippen LogP contribution in [-0.2, 0) is 19.5 Å². The molecule has 0 radical (unpaired) electrons. The molecular formula is C14H22N4O6S. The molecule has 0 aromatic carbocycles. The molecule has 1 saturated carbocycles. The third-order valence-corrected chi connectivity index (χ3v) is 6.19. The van der Waals surface area contributed by atoms with Gasteiger partial charge in [0.05, 0.1) is 6.04 Å². The molecule has 3 amide bonds. The maximum absolute atomic E-state index is 12.8. The lowest BCUT2D eigenvalue weighted by molar-refractivity contribution is -0.127. The summed E-state index contributed by atoms with van der Waals surface area (Å²) >= 11 is 0. The van der Waals surface area contributed by atoms with Crippen LogP contribution in [0.4, 0.5) is 4.79 Å². The van der Waals surface area contributed by atoms with E-state index in [9.17, 15) is 18.0 Å². The molecule has 10 nitrogen and oxygen atoms in total. The molecular weight excluding hydrogens is 352 g/mol. The quantitative estimate of drug-likeness (QED) is 0.544. The van der Waals surface area contributed by atoms with E-state index in [1.165, 1.54) is 4.90 Å². The van der Waals surface area contributed by atoms with Crippen molar-refractivity contribution in [3.05, 3.63) is 0 Å². The van der Waals surface area contributed by atoms with Gasteiger partial charge in [0, 0.05) is 12.6 Å². The van der Waals surface area contributed by atoms with Crippen LogP contribution in [0.5, 0.6) is 0 Å². The summed E-state index contributed by atoms with van der Waals surface area (Å²) in [6.07, 6.45) is 3.06. The van der Waals surface area contributed by atoms with E-state index >= 15 is 0 Å². The second-order valence-electron chi connectivity index (χ2n) is 7.30. The number of carbonyl (C=O) groups is 2. The molecule has 3 aliphatic heterocycles. The molecule has 11 heteroatoms. The molecule has 1 aliphatic carbocycles. The maximum Gasteiger partial charge on any atom is 0.418 e. The molecule has 4 aliphatic rings. The highest BCUT2D eigenvalue weighted by atomic mass is 32.3. The van der Waals surface area contributed by atoms with E-state index in [1.807, 2.05) is 0 Å². The average molecular weight is 374 g/mol. The number of hydroxylamine groups is 2. The fourth-order valence-electron chi connectivity index (χ4n) is 4.68. The van der Waals surface area contributed by atoms with Gasteiger partial charge in [-0.3, -0.25) is 9.35 Å². The SMILES string of the molecule is O=C(NC1C2CCC1CNC2)C1CC[C@@H]2CN1C(=O)N2OS(=O)(=O)O. The van der Waals surface area contributed by atoms with Crippen molar-refractivity contribution in [2.75, 3.05) is 19.6 Å². The van der Waals surface area contributed by atoms with Gasteiger partial charge >= 0.3 is 16.4 Å². The first-order chi connectivity index (χ1) is 11.8. The number of hydrogen-bond acceptors (Lipinski definition) is 6. The lowest BCUT2D eigenvalue weighted by atomic mass is 9.92. The standard InChI is InChI=1S/C14H22N4O6S/c19-13(16-12-8-1-2-9(12)6-15-5-8)11-4-3-10-7-17(11)14(20)18(10)24-25(21,22)23/h8-12,15H,1-7H2,(H,16,19)(H,21,22,23)/t8?,9?,10-,11?,12?/m1/s1. The smallest absolute Gasteiger partial charge is 0.351 e. The fraction of sp³-hybridized carbons (Fsp3) is 0.857. The summed E-state index contributed by atoms with van der Waals surface area (Å²) in [5.74, 6) is 0.657. The van der Waals surface area contributed by atoms with Gasteiger partial charge in [0.15, 0.2) is 0 Å². The first-order valence-corrected chi connectivity index (χ1v) is 9.98. The molecule has 140 valence electrons. The van der Waals surface area contributed by atoms with Crippen LogP contribution in [0.1, 0.15) is 25.7 Å². The van der Waals surface area contributed by atoms with Crippen LogP contribution in [-0.4, -0.2) is 72.6 Å². The largest absolute Gasteiger partial charge is 0.418 e. The van der Waals surface area contributed by atoms with Crippen molar-refractivity contribution in [3.8, 4) is 0 Å². The van der Waals surface area contributed by atoms with Crippen molar-refractivity contribution < 1.29 is 26.8 Å². The van der Waals surface area contributed by atoms with Crippen molar-refractivity contribution in [1.29, 1.82) is 0 Å². The molecule has 3 saturated heterocycles. The number of carbonyl (C=O) groups excluding carboxylic acids is 2.